The summed E-state index contributed by atoms with van der Waals surface area (Å²) in [5, 5.41) is 10.5. The molecule has 29 heavy (non-hydrogen) atoms. The van der Waals surface area contributed by atoms with Crippen molar-refractivity contribution in [2.75, 3.05) is 30.4 Å². The Kier molecular flexibility index (Phi) is 4.79. The van der Waals surface area contributed by atoms with E-state index in [-0.39, 0.29) is 11.9 Å². The van der Waals surface area contributed by atoms with Crippen molar-refractivity contribution >= 4 is 34.5 Å². The average Bonchev–Trinajstić information content (AvgIpc) is 3.41. The van der Waals surface area contributed by atoms with Crippen molar-refractivity contribution in [3.63, 3.8) is 0 Å². The first kappa shape index (κ1) is 18.7. The van der Waals surface area contributed by atoms with E-state index in [9.17, 15) is 4.79 Å². The molecule has 2 N–H and O–H groups in total. The summed E-state index contributed by atoms with van der Waals surface area (Å²) in [6.45, 7) is 4.86. The minimum absolute atomic E-state index is 0.0289. The highest BCUT2D eigenvalue weighted by Crippen LogP contribution is 2.30. The first-order valence-corrected chi connectivity index (χ1v) is 9.20. The van der Waals surface area contributed by atoms with Crippen LogP contribution in [-0.4, -0.2) is 61.4 Å². The molecule has 1 amide bonds. The van der Waals surface area contributed by atoms with Gasteiger partial charge in [-0.1, -0.05) is 6.58 Å². The van der Waals surface area contributed by atoms with E-state index in [1.165, 1.54) is 6.08 Å². The fourth-order valence-corrected chi connectivity index (χ4v) is 3.38. The third-order valence-electron chi connectivity index (χ3n) is 4.79. The second-order valence-corrected chi connectivity index (χ2v) is 6.89. The monoisotopic (exact) mass is 397 g/mol. The number of methoxy groups -OCH3 is 1. The van der Waals surface area contributed by atoms with Crippen LogP contribution in [0, 0.1) is 0 Å². The van der Waals surface area contributed by atoms with E-state index in [0.717, 1.165) is 13.0 Å². The molecule has 1 fully saturated rings. The van der Waals surface area contributed by atoms with Gasteiger partial charge in [0.25, 0.3) is 5.88 Å². The molecule has 1 saturated heterocycles. The normalized spacial score (nSPS) is 16.2. The summed E-state index contributed by atoms with van der Waals surface area (Å²) in [5.74, 6) is 1.42. The molecule has 1 aliphatic rings. The molecule has 4 rings (SSSR count). The molecule has 11 nitrogen and oxygen atoms in total. The van der Waals surface area contributed by atoms with E-state index in [4.69, 9.17) is 14.7 Å². The predicted molar refractivity (Wildman–Crippen MR) is 108 cm³/mol. The average molecular weight is 397 g/mol. The highest BCUT2D eigenvalue weighted by atomic mass is 16.5. The number of anilines is 3. The summed E-state index contributed by atoms with van der Waals surface area (Å²) in [5.41, 5.74) is 2.04. The van der Waals surface area contributed by atoms with Gasteiger partial charge in [-0.3, -0.25) is 9.48 Å². The molecule has 0 aliphatic carbocycles. The van der Waals surface area contributed by atoms with E-state index < -0.39 is 0 Å². The summed E-state index contributed by atoms with van der Waals surface area (Å²) in [6, 6.07) is 0.0289. The molecule has 0 aromatic carbocycles. The summed E-state index contributed by atoms with van der Waals surface area (Å²) in [7, 11) is 5.27. The smallest absolute Gasteiger partial charge is 0.256 e. The number of hydrogen-bond acceptors (Lipinski definition) is 8. The van der Waals surface area contributed by atoms with Crippen molar-refractivity contribution in [1.82, 2.24) is 34.6 Å². The lowest BCUT2D eigenvalue weighted by atomic mass is 10.2. The standard InChI is InChI=1S/C18H23N9O2/c1-5-13(28)20-11-6-7-27(8-11)18-22-15(14-16(23-18)25(2)10-19-14)21-12-9-26(3)24-17(12)29-4/h5,9-11H,1,6-8H2,2-4H3,(H,20,28)(H,21,22,23). The molecule has 11 heteroatoms. The number of imidazole rings is 1. The number of aryl methyl sites for hydroxylation is 2. The molecule has 0 saturated carbocycles. The van der Waals surface area contributed by atoms with Gasteiger partial charge in [0.05, 0.1) is 19.6 Å². The van der Waals surface area contributed by atoms with Gasteiger partial charge in [0, 0.05) is 33.2 Å². The van der Waals surface area contributed by atoms with Crippen molar-refractivity contribution in [2.24, 2.45) is 14.1 Å². The molecule has 0 bridgehead atoms. The molecule has 1 unspecified atom stereocenters. The topological polar surface area (TPSA) is 115 Å². The zero-order valence-corrected chi connectivity index (χ0v) is 16.6. The van der Waals surface area contributed by atoms with Gasteiger partial charge in [0.2, 0.25) is 11.9 Å². The van der Waals surface area contributed by atoms with Gasteiger partial charge in [0.1, 0.15) is 5.69 Å². The Balaban J connectivity index is 1.67. The number of hydrogen-bond donors (Lipinski definition) is 2. The van der Waals surface area contributed by atoms with Crippen LogP contribution >= 0.6 is 0 Å². The maximum absolute atomic E-state index is 11.6. The van der Waals surface area contributed by atoms with E-state index in [1.54, 1.807) is 18.1 Å². The Bertz CT molecular complexity index is 1070. The number of nitrogens with zero attached hydrogens (tertiary/aromatic N) is 7. The van der Waals surface area contributed by atoms with Crippen LogP contribution in [0.15, 0.2) is 25.2 Å². The largest absolute Gasteiger partial charge is 0.478 e. The lowest BCUT2D eigenvalue weighted by Crippen LogP contribution is -2.36. The third-order valence-corrected chi connectivity index (χ3v) is 4.79. The van der Waals surface area contributed by atoms with Crippen LogP contribution < -0.4 is 20.3 Å². The van der Waals surface area contributed by atoms with Crippen molar-refractivity contribution < 1.29 is 9.53 Å². The number of nitrogens with one attached hydrogen (secondary N) is 2. The fraction of sp³-hybridized carbons (Fsp3) is 0.389. The second-order valence-electron chi connectivity index (χ2n) is 6.89. The zero-order chi connectivity index (χ0) is 20.5. The van der Waals surface area contributed by atoms with Gasteiger partial charge in [-0.05, 0) is 12.5 Å². The summed E-state index contributed by atoms with van der Waals surface area (Å²) < 4.78 is 8.83. The quantitative estimate of drug-likeness (QED) is 0.585. The molecule has 3 aromatic heterocycles. The number of rotatable bonds is 6. The fourth-order valence-electron chi connectivity index (χ4n) is 3.38. The predicted octanol–water partition coefficient (Wildman–Crippen LogP) is 0.730. The Morgan fingerprint density at radius 2 is 2.21 bits per heavy atom. The third kappa shape index (κ3) is 3.58. The Labute approximate surface area is 167 Å². The number of ether oxygens (including phenoxy) is 1. The Morgan fingerprint density at radius 3 is 2.97 bits per heavy atom. The lowest BCUT2D eigenvalue weighted by Gasteiger charge is -2.18. The lowest BCUT2D eigenvalue weighted by molar-refractivity contribution is -0.117. The van der Waals surface area contributed by atoms with Gasteiger partial charge < -0.3 is 24.8 Å². The highest BCUT2D eigenvalue weighted by molar-refractivity contribution is 5.88. The van der Waals surface area contributed by atoms with Crippen molar-refractivity contribution in [2.45, 2.75) is 12.5 Å². The number of aromatic nitrogens is 6. The highest BCUT2D eigenvalue weighted by Gasteiger charge is 2.27. The summed E-state index contributed by atoms with van der Waals surface area (Å²) in [6.07, 6.45) is 5.60. The van der Waals surface area contributed by atoms with Crippen LogP contribution in [-0.2, 0) is 18.9 Å². The SMILES string of the molecule is C=CC(=O)NC1CCN(c2nc(Nc3cn(C)nc3OC)c3ncn(C)c3n2)C1. The first-order chi connectivity index (χ1) is 14.0. The van der Waals surface area contributed by atoms with Crippen LogP contribution in [0.4, 0.5) is 17.5 Å². The number of carbonyl (C=O) groups is 1. The van der Waals surface area contributed by atoms with Gasteiger partial charge in [-0.15, -0.1) is 5.10 Å². The van der Waals surface area contributed by atoms with Gasteiger partial charge in [0.15, 0.2) is 17.0 Å². The summed E-state index contributed by atoms with van der Waals surface area (Å²) >= 11 is 0. The summed E-state index contributed by atoms with van der Waals surface area (Å²) in [4.78, 5) is 27.5. The van der Waals surface area contributed by atoms with E-state index in [1.807, 2.05) is 29.8 Å². The second kappa shape index (κ2) is 7.41. The molecule has 0 spiro atoms. The number of fused-ring (bicyclic) bond motifs is 1. The number of carbonyl (C=O) groups excluding carboxylic acids is 1. The minimum atomic E-state index is -0.175. The maximum Gasteiger partial charge on any atom is 0.256 e. The zero-order valence-electron chi connectivity index (χ0n) is 16.6. The molecule has 1 atom stereocenters. The number of amides is 1. The van der Waals surface area contributed by atoms with Gasteiger partial charge in [-0.25, -0.2) is 4.98 Å². The Hall–Kier alpha value is -3.63. The van der Waals surface area contributed by atoms with E-state index in [2.05, 4.69) is 27.3 Å². The molecular formula is C18H23N9O2. The maximum atomic E-state index is 11.6. The van der Waals surface area contributed by atoms with Crippen LogP contribution in [0.25, 0.3) is 11.2 Å². The van der Waals surface area contributed by atoms with Crippen LogP contribution in [0.5, 0.6) is 5.88 Å². The van der Waals surface area contributed by atoms with Crippen molar-refractivity contribution in [3.05, 3.63) is 25.2 Å². The van der Waals surface area contributed by atoms with E-state index >= 15 is 0 Å². The molecule has 4 heterocycles. The molecule has 3 aromatic rings. The van der Waals surface area contributed by atoms with Gasteiger partial charge in [-0.2, -0.15) is 9.97 Å². The van der Waals surface area contributed by atoms with Crippen LogP contribution in [0.2, 0.25) is 0 Å². The molecule has 1 aliphatic heterocycles. The molecule has 0 radical (unpaired) electrons. The van der Waals surface area contributed by atoms with E-state index in [0.29, 0.717) is 41.0 Å². The molecular weight excluding hydrogens is 374 g/mol. The Morgan fingerprint density at radius 1 is 1.38 bits per heavy atom. The van der Waals surface area contributed by atoms with Crippen molar-refractivity contribution in [1.29, 1.82) is 0 Å². The first-order valence-electron chi connectivity index (χ1n) is 9.20. The van der Waals surface area contributed by atoms with Crippen LogP contribution in [0.1, 0.15) is 6.42 Å². The molecule has 152 valence electrons. The van der Waals surface area contributed by atoms with Crippen LogP contribution in [0.3, 0.4) is 0 Å². The van der Waals surface area contributed by atoms with Crippen molar-refractivity contribution in [3.8, 4) is 5.88 Å². The minimum Gasteiger partial charge on any atom is -0.478 e. The van der Waals surface area contributed by atoms with Gasteiger partial charge >= 0.3 is 0 Å².